The molecular formula is C22H30O4. The molecule has 4 heteroatoms. The van der Waals surface area contributed by atoms with Crippen LogP contribution in [0.3, 0.4) is 0 Å². The van der Waals surface area contributed by atoms with Crippen molar-refractivity contribution in [1.29, 1.82) is 0 Å². The minimum Gasteiger partial charge on any atom is -0.458 e. The Bertz CT molecular complexity index is 713. The summed E-state index contributed by atoms with van der Waals surface area (Å²) in [7, 11) is 0. The van der Waals surface area contributed by atoms with Gasteiger partial charge in [0.05, 0.1) is 5.41 Å². The second-order valence-corrected chi connectivity index (χ2v) is 10.3. The van der Waals surface area contributed by atoms with E-state index in [2.05, 4.69) is 20.4 Å². The Balaban J connectivity index is 1.70. The van der Waals surface area contributed by atoms with Gasteiger partial charge in [0.2, 0.25) is 0 Å². The average Bonchev–Trinajstić information content (AvgIpc) is 2.97. The van der Waals surface area contributed by atoms with Gasteiger partial charge in [0.15, 0.2) is 0 Å². The average molecular weight is 358 g/mol. The molecule has 4 nitrogen and oxygen atoms in total. The smallest absolute Gasteiger partial charge is 0.312 e. The molecule has 0 aromatic rings. The van der Waals surface area contributed by atoms with Gasteiger partial charge < -0.3 is 9.47 Å². The monoisotopic (exact) mass is 358 g/mol. The van der Waals surface area contributed by atoms with Crippen LogP contribution < -0.4 is 0 Å². The van der Waals surface area contributed by atoms with Crippen LogP contribution in [0.25, 0.3) is 0 Å². The molecule has 0 amide bonds. The summed E-state index contributed by atoms with van der Waals surface area (Å²) in [6, 6.07) is 0. The van der Waals surface area contributed by atoms with Crippen LogP contribution in [-0.4, -0.2) is 24.1 Å². The molecule has 8 atom stereocenters. The lowest BCUT2D eigenvalue weighted by Gasteiger charge is -2.64. The first-order valence-corrected chi connectivity index (χ1v) is 10.3. The molecule has 5 rings (SSSR count). The van der Waals surface area contributed by atoms with Gasteiger partial charge in [-0.25, -0.2) is 0 Å². The zero-order valence-electron chi connectivity index (χ0n) is 16.2. The number of ether oxygens (including phenoxy) is 2. The molecule has 0 aromatic carbocycles. The molecule has 1 spiro atoms. The Morgan fingerprint density at radius 2 is 2.04 bits per heavy atom. The second kappa shape index (κ2) is 4.94. The summed E-state index contributed by atoms with van der Waals surface area (Å²) in [4.78, 5) is 25.0. The van der Waals surface area contributed by atoms with E-state index < -0.39 is 5.41 Å². The maximum absolute atomic E-state index is 12.9. The topological polar surface area (TPSA) is 52.6 Å². The normalized spacial score (nSPS) is 54.3. The van der Waals surface area contributed by atoms with Gasteiger partial charge in [0, 0.05) is 18.3 Å². The second-order valence-electron chi connectivity index (χ2n) is 10.3. The predicted octanol–water partition coefficient (Wildman–Crippen LogP) is 4.03. The van der Waals surface area contributed by atoms with E-state index in [0.717, 1.165) is 38.5 Å². The van der Waals surface area contributed by atoms with Gasteiger partial charge in [-0.3, -0.25) is 9.59 Å². The molecule has 1 saturated heterocycles. The third-order valence-electron chi connectivity index (χ3n) is 9.06. The third-order valence-corrected chi connectivity index (χ3v) is 9.06. The summed E-state index contributed by atoms with van der Waals surface area (Å²) in [6.07, 6.45) is 6.84. The van der Waals surface area contributed by atoms with Crippen molar-refractivity contribution in [3.8, 4) is 0 Å². The van der Waals surface area contributed by atoms with Crippen molar-refractivity contribution in [2.24, 2.45) is 34.0 Å². The van der Waals surface area contributed by atoms with Crippen molar-refractivity contribution in [2.45, 2.75) is 77.9 Å². The SMILES string of the molecule is C=C1C[C@]23C[C@H]1CC[C@H]2[C@]1(C)CCC[C@@]2(C)C(=O)O[C@@H]([C@@H]3OC(C)=O)[C@@H]12. The quantitative estimate of drug-likeness (QED) is 0.524. The number of esters is 2. The molecular weight excluding hydrogens is 328 g/mol. The van der Waals surface area contributed by atoms with Gasteiger partial charge in [0.1, 0.15) is 12.2 Å². The summed E-state index contributed by atoms with van der Waals surface area (Å²) >= 11 is 0. The summed E-state index contributed by atoms with van der Waals surface area (Å²) < 4.78 is 12.0. The van der Waals surface area contributed by atoms with E-state index in [1.807, 2.05) is 0 Å². The van der Waals surface area contributed by atoms with Crippen LogP contribution in [0.1, 0.15) is 65.7 Å². The standard InChI is InChI=1S/C22H30O4/c1-12-10-22-11-14(12)6-7-15(22)20(3)8-5-9-21(4)17(20)16(26-19(21)24)18(22)25-13(2)23/h14-18H,1,5-11H2,2-4H3/t14-,15+,16-,17+,18+,20+,21-,22+/m1/s1. The lowest BCUT2D eigenvalue weighted by Crippen LogP contribution is -2.66. The van der Waals surface area contributed by atoms with Crippen LogP contribution in [0.5, 0.6) is 0 Å². The zero-order valence-corrected chi connectivity index (χ0v) is 16.2. The van der Waals surface area contributed by atoms with Crippen molar-refractivity contribution in [1.82, 2.24) is 0 Å². The number of hydrogen-bond acceptors (Lipinski definition) is 4. The fourth-order valence-corrected chi connectivity index (χ4v) is 8.36. The maximum atomic E-state index is 12.9. The lowest BCUT2D eigenvalue weighted by atomic mass is 9.40. The van der Waals surface area contributed by atoms with E-state index in [9.17, 15) is 9.59 Å². The van der Waals surface area contributed by atoms with Gasteiger partial charge in [-0.2, -0.15) is 0 Å². The largest absolute Gasteiger partial charge is 0.458 e. The number of carbonyl (C=O) groups is 2. The first-order valence-electron chi connectivity index (χ1n) is 10.3. The van der Waals surface area contributed by atoms with Crippen molar-refractivity contribution in [2.75, 3.05) is 0 Å². The van der Waals surface area contributed by atoms with Crippen molar-refractivity contribution >= 4 is 11.9 Å². The molecule has 1 heterocycles. The highest BCUT2D eigenvalue weighted by Gasteiger charge is 2.76. The molecule has 4 saturated carbocycles. The highest BCUT2D eigenvalue weighted by Crippen LogP contribution is 2.74. The van der Waals surface area contributed by atoms with Gasteiger partial charge in [-0.05, 0) is 62.7 Å². The first-order chi connectivity index (χ1) is 12.2. The van der Waals surface area contributed by atoms with E-state index in [0.29, 0.717) is 11.8 Å². The molecule has 142 valence electrons. The molecule has 0 radical (unpaired) electrons. The van der Waals surface area contributed by atoms with Gasteiger partial charge in [0.25, 0.3) is 0 Å². The highest BCUT2D eigenvalue weighted by atomic mass is 16.6. The predicted molar refractivity (Wildman–Crippen MR) is 96.0 cm³/mol. The summed E-state index contributed by atoms with van der Waals surface area (Å²) in [5.74, 6) is 0.842. The van der Waals surface area contributed by atoms with Crippen LogP contribution >= 0.6 is 0 Å². The fraction of sp³-hybridized carbons (Fsp3) is 0.818. The van der Waals surface area contributed by atoms with E-state index in [-0.39, 0.29) is 40.9 Å². The van der Waals surface area contributed by atoms with Gasteiger partial charge >= 0.3 is 11.9 Å². The molecule has 0 aromatic heterocycles. The minimum absolute atomic E-state index is 0.0704. The van der Waals surface area contributed by atoms with E-state index in [1.54, 1.807) is 0 Å². The Kier molecular flexibility index (Phi) is 3.19. The van der Waals surface area contributed by atoms with Crippen LogP contribution in [0.4, 0.5) is 0 Å². The zero-order chi connectivity index (χ0) is 18.5. The van der Waals surface area contributed by atoms with E-state index in [1.165, 1.54) is 18.9 Å². The van der Waals surface area contributed by atoms with Crippen LogP contribution in [0, 0.1) is 34.0 Å². The molecule has 1 aliphatic heterocycles. The first kappa shape index (κ1) is 16.8. The number of carbonyl (C=O) groups excluding carboxylic acids is 2. The van der Waals surface area contributed by atoms with Crippen molar-refractivity contribution in [3.05, 3.63) is 12.2 Å². The lowest BCUT2D eigenvalue weighted by molar-refractivity contribution is -0.232. The summed E-state index contributed by atoms with van der Waals surface area (Å²) in [6.45, 7) is 10.4. The van der Waals surface area contributed by atoms with E-state index in [4.69, 9.17) is 9.47 Å². The van der Waals surface area contributed by atoms with Crippen molar-refractivity contribution < 1.29 is 19.1 Å². The molecule has 0 N–H and O–H groups in total. The fourth-order valence-electron chi connectivity index (χ4n) is 8.36. The molecule has 5 aliphatic rings. The molecule has 26 heavy (non-hydrogen) atoms. The number of fused-ring (bicyclic) bond motifs is 2. The minimum atomic E-state index is -0.426. The number of rotatable bonds is 1. The number of hydrogen-bond donors (Lipinski definition) is 0. The van der Waals surface area contributed by atoms with Crippen LogP contribution in [0.15, 0.2) is 12.2 Å². The van der Waals surface area contributed by atoms with E-state index >= 15 is 0 Å². The molecule has 2 bridgehead atoms. The highest BCUT2D eigenvalue weighted by molar-refractivity contribution is 5.80. The Hall–Kier alpha value is -1.32. The van der Waals surface area contributed by atoms with Crippen LogP contribution in [-0.2, 0) is 19.1 Å². The Morgan fingerprint density at radius 1 is 1.27 bits per heavy atom. The van der Waals surface area contributed by atoms with Gasteiger partial charge in [-0.15, -0.1) is 0 Å². The Labute approximate surface area is 155 Å². The van der Waals surface area contributed by atoms with Crippen LogP contribution in [0.2, 0.25) is 0 Å². The summed E-state index contributed by atoms with van der Waals surface area (Å²) in [5, 5.41) is 0. The molecule has 0 unspecified atom stereocenters. The summed E-state index contributed by atoms with van der Waals surface area (Å²) in [5.41, 5.74) is 0.875. The third kappa shape index (κ3) is 1.77. The Morgan fingerprint density at radius 3 is 2.77 bits per heavy atom. The van der Waals surface area contributed by atoms with Crippen molar-refractivity contribution in [3.63, 3.8) is 0 Å². The molecule has 5 fully saturated rings. The molecule has 4 aliphatic carbocycles. The maximum Gasteiger partial charge on any atom is 0.312 e. The van der Waals surface area contributed by atoms with Gasteiger partial charge in [-0.1, -0.05) is 25.5 Å². The number of allylic oxidation sites excluding steroid dienone is 1.